The Morgan fingerprint density at radius 2 is 2.44 bits per heavy atom. The Morgan fingerprint density at radius 3 is 2.67 bits per heavy atom. The average Bonchev–Trinajstić information content (AvgIpc) is 2.14. The number of hydrogen-bond donors (Lipinski definition) is 1. The topological polar surface area (TPSA) is 43.1 Å². The van der Waals surface area contributed by atoms with Crippen molar-refractivity contribution in [1.82, 2.24) is 0 Å². The van der Waals surface area contributed by atoms with Crippen molar-refractivity contribution >= 4 is 22.8 Å². The number of carbonyl (C=O) groups excluding carboxylic acids is 1. The minimum Gasteiger partial charge on any atom is -0.398 e. The van der Waals surface area contributed by atoms with Gasteiger partial charge in [0.05, 0.1) is 4.88 Å². The molecule has 1 aromatic heterocycles. The molecule has 0 amide bonds. The predicted octanol–water partition coefficient (Wildman–Crippen LogP) is 1.53. The fourth-order valence-electron chi connectivity index (χ4n) is 0.536. The van der Waals surface area contributed by atoms with E-state index in [9.17, 15) is 4.79 Å². The zero-order chi connectivity index (χ0) is 6.85. The van der Waals surface area contributed by atoms with E-state index in [0.717, 1.165) is 4.88 Å². The first kappa shape index (κ1) is 6.29. The van der Waals surface area contributed by atoms with Crippen molar-refractivity contribution in [2.24, 2.45) is 0 Å². The van der Waals surface area contributed by atoms with Crippen LogP contribution >= 0.6 is 11.3 Å². The number of Topliss-reactive ketones (excluding diaryl/α,β-unsaturated/α-hetero) is 1. The first-order chi connectivity index (χ1) is 4.20. The van der Waals surface area contributed by atoms with Gasteiger partial charge in [-0.05, 0) is 13.0 Å². The number of thiophene rings is 1. The molecular formula is C6H7NOS. The molecule has 3 heteroatoms. The van der Waals surface area contributed by atoms with Crippen LogP contribution in [-0.4, -0.2) is 5.78 Å². The molecule has 0 unspecified atom stereocenters. The number of anilines is 1. The Hall–Kier alpha value is -0.830. The molecule has 0 aliphatic carbocycles. The molecular weight excluding hydrogens is 134 g/mol. The van der Waals surface area contributed by atoms with Gasteiger partial charge >= 0.3 is 0 Å². The Bertz CT molecular complexity index is 229. The second kappa shape index (κ2) is 2.19. The molecule has 1 aromatic rings. The van der Waals surface area contributed by atoms with E-state index in [2.05, 4.69) is 0 Å². The average molecular weight is 141 g/mol. The third kappa shape index (κ3) is 1.29. The monoisotopic (exact) mass is 141 g/mol. The number of carbonyl (C=O) groups is 1. The van der Waals surface area contributed by atoms with Gasteiger partial charge in [0, 0.05) is 11.1 Å². The Kier molecular flexibility index (Phi) is 1.53. The van der Waals surface area contributed by atoms with Crippen molar-refractivity contribution in [3.63, 3.8) is 0 Å². The van der Waals surface area contributed by atoms with E-state index in [1.165, 1.54) is 18.3 Å². The highest BCUT2D eigenvalue weighted by molar-refractivity contribution is 7.12. The van der Waals surface area contributed by atoms with Crippen molar-refractivity contribution in [2.75, 3.05) is 5.73 Å². The molecule has 0 atom stereocenters. The third-order valence-corrected chi connectivity index (χ3v) is 2.02. The highest BCUT2D eigenvalue weighted by atomic mass is 32.1. The normalized spacial score (nSPS) is 9.44. The maximum absolute atomic E-state index is 10.6. The molecule has 0 aliphatic rings. The minimum atomic E-state index is 0.0803. The van der Waals surface area contributed by atoms with Crippen molar-refractivity contribution in [1.29, 1.82) is 0 Å². The van der Waals surface area contributed by atoms with Crippen LogP contribution < -0.4 is 5.73 Å². The molecule has 1 rings (SSSR count). The van der Waals surface area contributed by atoms with Crippen LogP contribution in [0, 0.1) is 0 Å². The van der Waals surface area contributed by atoms with Crippen LogP contribution in [0.2, 0.25) is 0 Å². The van der Waals surface area contributed by atoms with E-state index in [1.54, 1.807) is 11.4 Å². The van der Waals surface area contributed by atoms with E-state index in [4.69, 9.17) is 5.73 Å². The molecule has 9 heavy (non-hydrogen) atoms. The number of ketones is 1. The van der Waals surface area contributed by atoms with Gasteiger partial charge in [-0.3, -0.25) is 4.79 Å². The van der Waals surface area contributed by atoms with E-state index in [-0.39, 0.29) is 5.78 Å². The maximum Gasteiger partial charge on any atom is 0.169 e. The summed E-state index contributed by atoms with van der Waals surface area (Å²) in [6, 6.07) is 1.69. The third-order valence-electron chi connectivity index (χ3n) is 0.967. The summed E-state index contributed by atoms with van der Waals surface area (Å²) in [5.41, 5.74) is 6.05. The summed E-state index contributed by atoms with van der Waals surface area (Å²) in [5.74, 6) is 0.0803. The van der Waals surface area contributed by atoms with Crippen LogP contribution in [0.3, 0.4) is 0 Å². The first-order valence-electron chi connectivity index (χ1n) is 2.55. The van der Waals surface area contributed by atoms with Crippen LogP contribution in [0.25, 0.3) is 0 Å². The molecule has 0 bridgehead atoms. The smallest absolute Gasteiger partial charge is 0.169 e. The predicted molar refractivity (Wildman–Crippen MR) is 38.7 cm³/mol. The molecule has 1 heterocycles. The zero-order valence-corrected chi connectivity index (χ0v) is 5.87. The fraction of sp³-hybridized carbons (Fsp3) is 0.167. The van der Waals surface area contributed by atoms with Gasteiger partial charge in [0.2, 0.25) is 0 Å². The molecule has 0 fully saturated rings. The Morgan fingerprint density at radius 1 is 1.78 bits per heavy atom. The molecule has 0 radical (unpaired) electrons. The number of rotatable bonds is 1. The molecule has 0 aliphatic heterocycles. The second-order valence-electron chi connectivity index (χ2n) is 1.80. The summed E-state index contributed by atoms with van der Waals surface area (Å²) in [6.07, 6.45) is 0. The lowest BCUT2D eigenvalue weighted by Crippen LogP contribution is -1.85. The minimum absolute atomic E-state index is 0.0803. The van der Waals surface area contributed by atoms with Gasteiger partial charge in [0.25, 0.3) is 0 Å². The lowest BCUT2D eigenvalue weighted by Gasteiger charge is -1.80. The fourth-order valence-corrected chi connectivity index (χ4v) is 1.24. The van der Waals surface area contributed by atoms with Gasteiger partial charge in [0.15, 0.2) is 5.78 Å². The molecule has 48 valence electrons. The first-order valence-corrected chi connectivity index (χ1v) is 3.43. The molecule has 2 N–H and O–H groups in total. The van der Waals surface area contributed by atoms with Gasteiger partial charge in [-0.2, -0.15) is 0 Å². The van der Waals surface area contributed by atoms with E-state index in [0.29, 0.717) is 5.69 Å². The SMILES string of the molecule is CC(=O)c1cc(N)cs1. The zero-order valence-electron chi connectivity index (χ0n) is 5.05. The summed E-state index contributed by atoms with van der Waals surface area (Å²) < 4.78 is 0. The maximum atomic E-state index is 10.6. The van der Waals surface area contributed by atoms with Crippen LogP contribution in [0.5, 0.6) is 0 Å². The summed E-state index contributed by atoms with van der Waals surface area (Å²) in [6.45, 7) is 1.53. The largest absolute Gasteiger partial charge is 0.398 e. The van der Waals surface area contributed by atoms with Crippen molar-refractivity contribution in [3.05, 3.63) is 16.3 Å². The molecule has 0 saturated heterocycles. The van der Waals surface area contributed by atoms with Gasteiger partial charge < -0.3 is 5.73 Å². The van der Waals surface area contributed by atoms with E-state index in [1.807, 2.05) is 0 Å². The van der Waals surface area contributed by atoms with Gasteiger partial charge in [-0.25, -0.2) is 0 Å². The molecule has 0 saturated carbocycles. The van der Waals surface area contributed by atoms with Crippen molar-refractivity contribution in [3.8, 4) is 0 Å². The van der Waals surface area contributed by atoms with Crippen LogP contribution in [0.4, 0.5) is 5.69 Å². The van der Waals surface area contributed by atoms with Crippen molar-refractivity contribution in [2.45, 2.75) is 6.92 Å². The Labute approximate surface area is 57.3 Å². The highest BCUT2D eigenvalue weighted by Gasteiger charge is 1.99. The second-order valence-corrected chi connectivity index (χ2v) is 2.71. The summed E-state index contributed by atoms with van der Waals surface area (Å²) in [4.78, 5) is 11.3. The summed E-state index contributed by atoms with van der Waals surface area (Å²) in [5, 5.41) is 1.76. The quantitative estimate of drug-likeness (QED) is 0.603. The molecule has 2 nitrogen and oxygen atoms in total. The van der Waals surface area contributed by atoms with E-state index < -0.39 is 0 Å². The van der Waals surface area contributed by atoms with Gasteiger partial charge in [-0.1, -0.05) is 0 Å². The highest BCUT2D eigenvalue weighted by Crippen LogP contribution is 2.15. The molecule has 0 aromatic carbocycles. The molecule has 0 spiro atoms. The standard InChI is InChI=1S/C6H7NOS/c1-4(8)6-2-5(7)3-9-6/h2-3H,7H2,1H3. The van der Waals surface area contributed by atoms with E-state index >= 15 is 0 Å². The Balaban J connectivity index is 2.98. The van der Waals surface area contributed by atoms with Gasteiger partial charge in [-0.15, -0.1) is 11.3 Å². The lowest BCUT2D eigenvalue weighted by molar-refractivity contribution is 0.102. The summed E-state index contributed by atoms with van der Waals surface area (Å²) in [7, 11) is 0. The number of nitrogens with two attached hydrogens (primary N) is 1. The lowest BCUT2D eigenvalue weighted by atomic mass is 10.3. The van der Waals surface area contributed by atoms with Crippen LogP contribution in [-0.2, 0) is 0 Å². The van der Waals surface area contributed by atoms with Crippen LogP contribution in [0.1, 0.15) is 16.6 Å². The van der Waals surface area contributed by atoms with Crippen LogP contribution in [0.15, 0.2) is 11.4 Å². The number of hydrogen-bond acceptors (Lipinski definition) is 3. The number of nitrogen functional groups attached to an aromatic ring is 1. The van der Waals surface area contributed by atoms with Gasteiger partial charge in [0.1, 0.15) is 0 Å². The summed E-state index contributed by atoms with van der Waals surface area (Å²) >= 11 is 1.38. The van der Waals surface area contributed by atoms with Crippen molar-refractivity contribution < 1.29 is 4.79 Å².